The number of aromatic nitrogens is 1. The molecule has 1 heterocycles. The summed E-state index contributed by atoms with van der Waals surface area (Å²) in [7, 11) is -0.0974. The average molecular weight is 425 g/mol. The third-order valence-corrected chi connectivity index (χ3v) is 5.79. The number of carbonyl (C=O) groups is 2. The van der Waals surface area contributed by atoms with Gasteiger partial charge < -0.3 is 19.8 Å². The maximum Gasteiger partial charge on any atom is 0.328 e. The van der Waals surface area contributed by atoms with Crippen molar-refractivity contribution in [3.8, 4) is 5.75 Å². The molecule has 6 nitrogen and oxygen atoms in total. The molecule has 0 bridgehead atoms. The lowest BCUT2D eigenvalue weighted by molar-refractivity contribution is -0.156. The van der Waals surface area contributed by atoms with Crippen LogP contribution < -0.4 is 10.1 Å². The van der Waals surface area contributed by atoms with Gasteiger partial charge in [-0.15, -0.1) is 0 Å². The van der Waals surface area contributed by atoms with E-state index in [9.17, 15) is 9.59 Å². The van der Waals surface area contributed by atoms with Crippen LogP contribution >= 0.6 is 11.6 Å². The van der Waals surface area contributed by atoms with Crippen LogP contribution in [0.5, 0.6) is 5.75 Å². The number of amides is 1. The van der Waals surface area contributed by atoms with E-state index in [2.05, 4.69) is 29.9 Å². The molecule has 0 unspecified atom stereocenters. The van der Waals surface area contributed by atoms with E-state index in [0.29, 0.717) is 28.0 Å². The van der Waals surface area contributed by atoms with Gasteiger partial charge in [0.05, 0.1) is 12.6 Å². The number of nitrogens with one attached hydrogen (secondary N) is 2. The van der Waals surface area contributed by atoms with Crippen molar-refractivity contribution in [3.05, 3.63) is 28.9 Å². The minimum atomic E-state index is -1.64. The quantitative estimate of drug-likeness (QED) is 0.524. The fourth-order valence-corrected chi connectivity index (χ4v) is 4.58. The van der Waals surface area contributed by atoms with Crippen LogP contribution in [0, 0.1) is 0 Å². The van der Waals surface area contributed by atoms with Crippen LogP contribution in [0.15, 0.2) is 18.2 Å². The van der Waals surface area contributed by atoms with Gasteiger partial charge in [-0.3, -0.25) is 4.79 Å². The monoisotopic (exact) mass is 424 g/mol. The predicted octanol–water partition coefficient (Wildman–Crippen LogP) is 4.61. The smallest absolute Gasteiger partial charge is 0.328 e. The van der Waals surface area contributed by atoms with E-state index in [1.165, 1.54) is 0 Å². The molecule has 0 fully saturated rings. The summed E-state index contributed by atoms with van der Waals surface area (Å²) in [6.07, 6.45) is 0. The lowest BCUT2D eigenvalue weighted by Crippen LogP contribution is -2.47. The normalized spacial score (nSPS) is 13.3. The molecule has 1 atom stereocenters. The maximum absolute atomic E-state index is 12.9. The van der Waals surface area contributed by atoms with Gasteiger partial charge in [-0.25, -0.2) is 4.79 Å². The summed E-state index contributed by atoms with van der Waals surface area (Å²) in [6.45, 7) is 11.9. The van der Waals surface area contributed by atoms with Crippen LogP contribution in [0.1, 0.15) is 31.3 Å². The minimum Gasteiger partial charge on any atom is -0.496 e. The topological polar surface area (TPSA) is 80.4 Å². The fourth-order valence-electron chi connectivity index (χ4n) is 2.88. The molecular weight excluding hydrogens is 396 g/mol. The van der Waals surface area contributed by atoms with Gasteiger partial charge in [-0.05, 0) is 45.0 Å². The van der Waals surface area contributed by atoms with Crippen LogP contribution in [0.2, 0.25) is 30.7 Å². The Bertz CT molecular complexity index is 881. The van der Waals surface area contributed by atoms with Crippen LogP contribution in [0.25, 0.3) is 10.9 Å². The molecule has 0 aliphatic rings. The van der Waals surface area contributed by atoms with E-state index < -0.39 is 25.7 Å². The van der Waals surface area contributed by atoms with Gasteiger partial charge in [0, 0.05) is 18.5 Å². The first-order valence-corrected chi connectivity index (χ1v) is 13.3. The molecule has 0 saturated heterocycles. The Morgan fingerprint density at radius 3 is 2.39 bits per heavy atom. The average Bonchev–Trinajstić information content (AvgIpc) is 2.94. The van der Waals surface area contributed by atoms with Crippen molar-refractivity contribution in [2.75, 3.05) is 7.11 Å². The molecule has 0 saturated carbocycles. The summed E-state index contributed by atoms with van der Waals surface area (Å²) in [5, 5.41) is 4.09. The number of ether oxygens (including phenoxy) is 2. The molecule has 0 aliphatic heterocycles. The molecule has 2 N–H and O–H groups in total. The number of hydrogen-bond acceptors (Lipinski definition) is 4. The molecule has 154 valence electrons. The van der Waals surface area contributed by atoms with E-state index in [0.717, 1.165) is 5.39 Å². The lowest BCUT2D eigenvalue weighted by atomic mass is 10.2. The summed E-state index contributed by atoms with van der Waals surface area (Å²) in [5.41, 5.74) is 0.401. The Balaban J connectivity index is 2.29. The Kier molecular flexibility index (Phi) is 6.50. The van der Waals surface area contributed by atoms with E-state index in [1.807, 2.05) is 20.8 Å². The van der Waals surface area contributed by atoms with E-state index >= 15 is 0 Å². The van der Waals surface area contributed by atoms with Crippen molar-refractivity contribution in [1.29, 1.82) is 0 Å². The summed E-state index contributed by atoms with van der Waals surface area (Å²) in [4.78, 5) is 28.6. The van der Waals surface area contributed by atoms with Gasteiger partial charge in [0.2, 0.25) is 0 Å². The van der Waals surface area contributed by atoms with Crippen LogP contribution in [0.4, 0.5) is 0 Å². The lowest BCUT2D eigenvalue weighted by Gasteiger charge is -2.28. The summed E-state index contributed by atoms with van der Waals surface area (Å²) in [5.74, 6) is -0.216. The number of hydrogen-bond donors (Lipinski definition) is 2. The third-order valence-electron chi connectivity index (χ3n) is 3.94. The molecule has 0 radical (unpaired) electrons. The molecule has 0 aliphatic carbocycles. The minimum absolute atomic E-state index is 0.333. The molecule has 1 aromatic carbocycles. The Labute approximate surface area is 171 Å². The maximum atomic E-state index is 12.9. The van der Waals surface area contributed by atoms with Gasteiger partial charge in [0.25, 0.3) is 5.91 Å². The number of aromatic amines is 1. The highest BCUT2D eigenvalue weighted by molar-refractivity contribution is 6.76. The summed E-state index contributed by atoms with van der Waals surface area (Å²) >= 11 is 6.09. The zero-order valence-electron chi connectivity index (χ0n) is 17.5. The second-order valence-corrected chi connectivity index (χ2v) is 15.0. The number of methoxy groups -OCH3 is 1. The standard InChI is InChI=1S/C20H29ClN2O4Si/c1-20(2,3)27-19(25)16(11-28(5,6)7)23-18(24)15-10-13-14(22-15)8-12(21)9-17(13)26-4/h8-10,16,22H,11H2,1-7H3,(H,23,24)/t16-/m0/s1. The second-order valence-electron chi connectivity index (χ2n) is 9.08. The van der Waals surface area contributed by atoms with Crippen molar-refractivity contribution in [1.82, 2.24) is 10.3 Å². The van der Waals surface area contributed by atoms with E-state index in [4.69, 9.17) is 21.1 Å². The second kappa shape index (κ2) is 8.17. The molecule has 28 heavy (non-hydrogen) atoms. The van der Waals surface area contributed by atoms with Crippen molar-refractivity contribution >= 4 is 42.5 Å². The number of benzene rings is 1. The number of carbonyl (C=O) groups excluding carboxylic acids is 2. The van der Waals surface area contributed by atoms with Gasteiger partial charge >= 0.3 is 5.97 Å². The SMILES string of the molecule is COc1cc(Cl)cc2[nH]c(C(=O)N[C@@H](C[Si](C)(C)C)C(=O)OC(C)(C)C)cc12. The molecule has 2 aromatic rings. The molecule has 2 rings (SSSR count). The van der Waals surface area contributed by atoms with Gasteiger partial charge in [0.15, 0.2) is 0 Å². The Hall–Kier alpha value is -1.99. The van der Waals surface area contributed by atoms with Crippen molar-refractivity contribution < 1.29 is 19.1 Å². The largest absolute Gasteiger partial charge is 0.496 e. The first-order valence-electron chi connectivity index (χ1n) is 9.19. The molecule has 8 heteroatoms. The number of rotatable bonds is 6. The molecule has 0 spiro atoms. The van der Waals surface area contributed by atoms with Crippen LogP contribution in [0.3, 0.4) is 0 Å². The highest BCUT2D eigenvalue weighted by Crippen LogP contribution is 2.30. The van der Waals surface area contributed by atoms with Crippen LogP contribution in [-0.4, -0.2) is 43.7 Å². The Morgan fingerprint density at radius 2 is 1.86 bits per heavy atom. The van der Waals surface area contributed by atoms with Gasteiger partial charge in [0.1, 0.15) is 23.1 Å². The van der Waals surface area contributed by atoms with E-state index in [-0.39, 0.29) is 5.91 Å². The number of halogens is 1. The molecule has 1 aromatic heterocycles. The zero-order chi connectivity index (χ0) is 21.3. The first-order chi connectivity index (χ1) is 12.8. The highest BCUT2D eigenvalue weighted by atomic mass is 35.5. The summed E-state index contributed by atoms with van der Waals surface area (Å²) in [6, 6.07) is 5.00. The molecule has 1 amide bonds. The van der Waals surface area contributed by atoms with Gasteiger partial charge in [-0.1, -0.05) is 31.2 Å². The number of H-pyrrole nitrogens is 1. The number of fused-ring (bicyclic) bond motifs is 1. The number of esters is 1. The van der Waals surface area contributed by atoms with Crippen molar-refractivity contribution in [2.24, 2.45) is 0 Å². The van der Waals surface area contributed by atoms with Gasteiger partial charge in [-0.2, -0.15) is 0 Å². The zero-order valence-corrected chi connectivity index (χ0v) is 19.3. The first kappa shape index (κ1) is 22.3. The van der Waals surface area contributed by atoms with Crippen LogP contribution in [-0.2, 0) is 9.53 Å². The Morgan fingerprint density at radius 1 is 1.21 bits per heavy atom. The highest BCUT2D eigenvalue weighted by Gasteiger charge is 2.31. The third kappa shape index (κ3) is 6.00. The van der Waals surface area contributed by atoms with E-state index in [1.54, 1.807) is 25.3 Å². The summed E-state index contributed by atoms with van der Waals surface area (Å²) < 4.78 is 10.9. The molecular formula is C20H29ClN2O4Si. The van der Waals surface area contributed by atoms with Crippen molar-refractivity contribution in [2.45, 2.75) is 58.1 Å². The fraction of sp³-hybridized carbons (Fsp3) is 0.500. The predicted molar refractivity (Wildman–Crippen MR) is 115 cm³/mol. The van der Waals surface area contributed by atoms with Crippen molar-refractivity contribution in [3.63, 3.8) is 0 Å².